The molecule has 7 nitrogen and oxygen atoms in total. The van der Waals surface area contributed by atoms with Crippen molar-refractivity contribution in [3.8, 4) is 11.8 Å². The SMILES string of the molecule is COc1cc(OC)nc(NCC(=O)N2CCCC2)n1. The van der Waals surface area contributed by atoms with Crippen molar-refractivity contribution in [1.29, 1.82) is 0 Å². The van der Waals surface area contributed by atoms with E-state index in [0.29, 0.717) is 17.7 Å². The van der Waals surface area contributed by atoms with Crippen molar-refractivity contribution in [1.82, 2.24) is 14.9 Å². The van der Waals surface area contributed by atoms with Gasteiger partial charge >= 0.3 is 0 Å². The Hall–Kier alpha value is -2.05. The molecule has 0 aromatic carbocycles. The first-order chi connectivity index (χ1) is 9.22. The highest BCUT2D eigenvalue weighted by atomic mass is 16.5. The second-order valence-electron chi connectivity index (χ2n) is 4.22. The van der Waals surface area contributed by atoms with Crippen molar-refractivity contribution in [2.75, 3.05) is 39.2 Å². The fourth-order valence-corrected chi connectivity index (χ4v) is 1.93. The van der Waals surface area contributed by atoms with Crippen molar-refractivity contribution >= 4 is 11.9 Å². The molecule has 19 heavy (non-hydrogen) atoms. The molecule has 1 aromatic rings. The first kappa shape index (κ1) is 13.4. The Morgan fingerprint density at radius 2 is 1.84 bits per heavy atom. The Balaban J connectivity index is 1.96. The van der Waals surface area contributed by atoms with Crippen LogP contribution in [0.1, 0.15) is 12.8 Å². The van der Waals surface area contributed by atoms with E-state index < -0.39 is 0 Å². The molecule has 1 amide bonds. The topological polar surface area (TPSA) is 76.6 Å². The molecular formula is C12H18N4O3. The third-order valence-corrected chi connectivity index (χ3v) is 2.95. The van der Waals surface area contributed by atoms with E-state index in [9.17, 15) is 4.79 Å². The first-order valence-corrected chi connectivity index (χ1v) is 6.21. The van der Waals surface area contributed by atoms with Gasteiger partial charge in [-0.3, -0.25) is 4.79 Å². The number of aromatic nitrogens is 2. The maximum absolute atomic E-state index is 11.9. The van der Waals surface area contributed by atoms with Gasteiger partial charge in [0.15, 0.2) is 0 Å². The number of hydrogen-bond donors (Lipinski definition) is 1. The molecule has 7 heteroatoms. The smallest absolute Gasteiger partial charge is 0.241 e. The van der Waals surface area contributed by atoms with E-state index in [2.05, 4.69) is 15.3 Å². The number of anilines is 1. The van der Waals surface area contributed by atoms with Gasteiger partial charge in [-0.2, -0.15) is 9.97 Å². The molecule has 1 aromatic heterocycles. The molecule has 0 bridgehead atoms. The van der Waals surface area contributed by atoms with Crippen LogP contribution in [0.3, 0.4) is 0 Å². The average molecular weight is 266 g/mol. The van der Waals surface area contributed by atoms with Gasteiger partial charge in [-0.15, -0.1) is 0 Å². The van der Waals surface area contributed by atoms with E-state index in [-0.39, 0.29) is 12.5 Å². The number of nitrogens with zero attached hydrogens (tertiary/aromatic N) is 3. The number of hydrogen-bond acceptors (Lipinski definition) is 6. The summed E-state index contributed by atoms with van der Waals surface area (Å²) < 4.78 is 10.1. The van der Waals surface area contributed by atoms with Crippen LogP contribution in [0.2, 0.25) is 0 Å². The summed E-state index contributed by atoms with van der Waals surface area (Å²) in [5.41, 5.74) is 0. The lowest BCUT2D eigenvalue weighted by Crippen LogP contribution is -2.33. The van der Waals surface area contributed by atoms with Crippen LogP contribution in [0.25, 0.3) is 0 Å². The summed E-state index contributed by atoms with van der Waals surface area (Å²) in [5, 5.41) is 2.90. The number of ether oxygens (including phenoxy) is 2. The van der Waals surface area contributed by atoms with E-state index in [1.165, 1.54) is 14.2 Å². The van der Waals surface area contributed by atoms with Crippen molar-refractivity contribution in [3.63, 3.8) is 0 Å². The first-order valence-electron chi connectivity index (χ1n) is 6.21. The number of rotatable bonds is 5. The van der Waals surface area contributed by atoms with Crippen LogP contribution in [0.4, 0.5) is 5.95 Å². The second-order valence-corrected chi connectivity index (χ2v) is 4.22. The fraction of sp³-hybridized carbons (Fsp3) is 0.583. The molecule has 1 saturated heterocycles. The summed E-state index contributed by atoms with van der Waals surface area (Å²) >= 11 is 0. The summed E-state index contributed by atoms with van der Waals surface area (Å²) in [4.78, 5) is 21.9. The average Bonchev–Trinajstić information content (AvgIpc) is 2.98. The van der Waals surface area contributed by atoms with Crippen molar-refractivity contribution in [3.05, 3.63) is 6.07 Å². The number of likely N-dealkylation sites (tertiary alicyclic amines) is 1. The van der Waals surface area contributed by atoms with Crippen LogP contribution in [-0.2, 0) is 4.79 Å². The summed E-state index contributed by atoms with van der Waals surface area (Å²) in [7, 11) is 3.03. The van der Waals surface area contributed by atoms with Gasteiger partial charge in [-0.05, 0) is 12.8 Å². The number of amides is 1. The zero-order valence-corrected chi connectivity index (χ0v) is 11.2. The molecule has 1 aliphatic heterocycles. The van der Waals surface area contributed by atoms with Crippen LogP contribution in [0.5, 0.6) is 11.8 Å². The Bertz CT molecular complexity index is 424. The Morgan fingerprint density at radius 3 is 2.37 bits per heavy atom. The normalized spacial score (nSPS) is 14.3. The van der Waals surface area contributed by atoms with Gasteiger partial charge in [0, 0.05) is 13.1 Å². The van der Waals surface area contributed by atoms with Gasteiger partial charge < -0.3 is 19.7 Å². The molecule has 0 spiro atoms. The van der Waals surface area contributed by atoms with E-state index in [0.717, 1.165) is 25.9 Å². The summed E-state index contributed by atoms with van der Waals surface area (Å²) in [6.07, 6.45) is 2.16. The molecule has 2 rings (SSSR count). The molecule has 0 atom stereocenters. The van der Waals surface area contributed by atoms with E-state index in [1.807, 2.05) is 4.90 Å². The zero-order chi connectivity index (χ0) is 13.7. The van der Waals surface area contributed by atoms with Crippen LogP contribution >= 0.6 is 0 Å². The lowest BCUT2D eigenvalue weighted by molar-refractivity contribution is -0.128. The van der Waals surface area contributed by atoms with Gasteiger partial charge in [0.25, 0.3) is 0 Å². The molecule has 104 valence electrons. The predicted molar refractivity (Wildman–Crippen MR) is 69.4 cm³/mol. The lowest BCUT2D eigenvalue weighted by Gasteiger charge is -2.15. The number of methoxy groups -OCH3 is 2. The van der Waals surface area contributed by atoms with Crippen molar-refractivity contribution in [2.24, 2.45) is 0 Å². The fourth-order valence-electron chi connectivity index (χ4n) is 1.93. The zero-order valence-electron chi connectivity index (χ0n) is 11.2. The highest BCUT2D eigenvalue weighted by Crippen LogP contribution is 2.17. The van der Waals surface area contributed by atoms with Crippen molar-refractivity contribution < 1.29 is 14.3 Å². The Kier molecular flexibility index (Phi) is 4.38. The van der Waals surface area contributed by atoms with Gasteiger partial charge in [0.1, 0.15) is 0 Å². The van der Waals surface area contributed by atoms with Gasteiger partial charge in [-0.25, -0.2) is 0 Å². The monoisotopic (exact) mass is 266 g/mol. The Labute approximate surface area is 111 Å². The number of nitrogens with one attached hydrogen (secondary N) is 1. The number of carbonyl (C=O) groups excluding carboxylic acids is 1. The van der Waals surface area contributed by atoms with E-state index >= 15 is 0 Å². The third kappa shape index (κ3) is 3.46. The van der Waals surface area contributed by atoms with E-state index in [4.69, 9.17) is 9.47 Å². The third-order valence-electron chi connectivity index (χ3n) is 2.95. The minimum atomic E-state index is 0.0582. The Morgan fingerprint density at radius 1 is 1.26 bits per heavy atom. The maximum atomic E-state index is 11.9. The standard InChI is InChI=1S/C12H18N4O3/c1-18-9-7-10(19-2)15-12(14-9)13-8-11(17)16-5-3-4-6-16/h7H,3-6,8H2,1-2H3,(H,13,14,15). The molecule has 0 radical (unpaired) electrons. The summed E-state index contributed by atoms with van der Waals surface area (Å²) in [5.74, 6) is 1.16. The predicted octanol–water partition coefficient (Wildman–Crippen LogP) is 0.528. The van der Waals surface area contributed by atoms with Crippen LogP contribution in [0, 0.1) is 0 Å². The van der Waals surface area contributed by atoms with Crippen LogP contribution in [-0.4, -0.2) is 54.6 Å². The lowest BCUT2D eigenvalue weighted by atomic mass is 10.4. The molecule has 1 N–H and O–H groups in total. The van der Waals surface area contributed by atoms with Crippen LogP contribution in [0.15, 0.2) is 6.07 Å². The minimum Gasteiger partial charge on any atom is -0.481 e. The molecule has 0 aliphatic carbocycles. The summed E-state index contributed by atoms with van der Waals surface area (Å²) in [6.45, 7) is 1.85. The quantitative estimate of drug-likeness (QED) is 0.837. The van der Waals surface area contributed by atoms with Crippen molar-refractivity contribution in [2.45, 2.75) is 12.8 Å². The largest absolute Gasteiger partial charge is 0.481 e. The van der Waals surface area contributed by atoms with E-state index in [1.54, 1.807) is 6.07 Å². The molecule has 0 saturated carbocycles. The van der Waals surface area contributed by atoms with Crippen LogP contribution < -0.4 is 14.8 Å². The minimum absolute atomic E-state index is 0.0582. The highest BCUT2D eigenvalue weighted by molar-refractivity contribution is 5.80. The van der Waals surface area contributed by atoms with Gasteiger partial charge in [0.05, 0.1) is 26.8 Å². The molecular weight excluding hydrogens is 248 g/mol. The van der Waals surface area contributed by atoms with Gasteiger partial charge in [-0.1, -0.05) is 0 Å². The second kappa shape index (κ2) is 6.21. The maximum Gasteiger partial charge on any atom is 0.241 e. The molecule has 0 unspecified atom stereocenters. The molecule has 1 aliphatic rings. The summed E-state index contributed by atoms with van der Waals surface area (Å²) in [6, 6.07) is 1.58. The highest BCUT2D eigenvalue weighted by Gasteiger charge is 2.17. The molecule has 1 fully saturated rings. The number of carbonyl (C=O) groups is 1. The van der Waals surface area contributed by atoms with Gasteiger partial charge in [0.2, 0.25) is 23.6 Å². The molecule has 2 heterocycles.